The highest BCUT2D eigenvalue weighted by atomic mass is 19.1. The molecule has 24 heavy (non-hydrogen) atoms. The number of hydrogen-bond acceptors (Lipinski definition) is 5. The van der Waals surface area contributed by atoms with E-state index in [4.69, 9.17) is 9.47 Å². The summed E-state index contributed by atoms with van der Waals surface area (Å²) < 4.78 is 25.1. The third-order valence-corrected chi connectivity index (χ3v) is 4.08. The Hall–Kier alpha value is -2.15. The van der Waals surface area contributed by atoms with E-state index in [0.29, 0.717) is 50.8 Å². The molecule has 0 aromatic heterocycles. The van der Waals surface area contributed by atoms with Crippen LogP contribution in [0.15, 0.2) is 23.2 Å². The van der Waals surface area contributed by atoms with Crippen molar-refractivity contribution < 1.29 is 18.7 Å². The summed E-state index contributed by atoms with van der Waals surface area (Å²) in [6, 6.07) is 4.86. The van der Waals surface area contributed by atoms with Gasteiger partial charge in [-0.05, 0) is 32.0 Å². The van der Waals surface area contributed by atoms with Crippen LogP contribution in [0.2, 0.25) is 0 Å². The molecule has 1 aromatic rings. The normalized spacial score (nSPS) is 21.0. The molecule has 0 radical (unpaired) electrons. The number of nitrogens with zero attached hydrogens (tertiary/aromatic N) is 3. The Morgan fingerprint density at radius 3 is 2.75 bits per heavy atom. The number of cyclic esters (lactones) is 1. The number of rotatable bonds is 4. The van der Waals surface area contributed by atoms with Gasteiger partial charge in [0.1, 0.15) is 11.9 Å². The van der Waals surface area contributed by atoms with Crippen molar-refractivity contribution in [2.75, 3.05) is 49.2 Å². The van der Waals surface area contributed by atoms with Crippen molar-refractivity contribution in [3.05, 3.63) is 24.0 Å². The lowest BCUT2D eigenvalue weighted by atomic mass is 10.2. The summed E-state index contributed by atoms with van der Waals surface area (Å²) in [6.45, 7) is 7.13. The zero-order chi connectivity index (χ0) is 17.1. The van der Waals surface area contributed by atoms with Crippen LogP contribution in [-0.2, 0) is 9.47 Å². The summed E-state index contributed by atoms with van der Waals surface area (Å²) in [5.41, 5.74) is 1.98. The first kappa shape index (κ1) is 16.7. The van der Waals surface area contributed by atoms with Crippen molar-refractivity contribution >= 4 is 23.2 Å². The highest BCUT2D eigenvalue weighted by molar-refractivity contribution is 5.90. The monoisotopic (exact) mass is 335 g/mol. The van der Waals surface area contributed by atoms with Crippen LogP contribution in [0.4, 0.5) is 20.6 Å². The lowest BCUT2D eigenvalue weighted by Crippen LogP contribution is -2.36. The summed E-state index contributed by atoms with van der Waals surface area (Å²) in [5, 5.41) is 0. The lowest BCUT2D eigenvalue weighted by Gasteiger charge is -2.29. The quantitative estimate of drug-likeness (QED) is 0.793. The van der Waals surface area contributed by atoms with Gasteiger partial charge < -0.3 is 14.4 Å². The Morgan fingerprint density at radius 2 is 2.08 bits per heavy atom. The minimum atomic E-state index is -0.456. The van der Waals surface area contributed by atoms with E-state index in [2.05, 4.69) is 4.99 Å². The van der Waals surface area contributed by atoms with Crippen LogP contribution in [0.3, 0.4) is 0 Å². The second-order valence-electron chi connectivity index (χ2n) is 6.14. The fourth-order valence-electron chi connectivity index (χ4n) is 2.84. The minimum Gasteiger partial charge on any atom is -0.442 e. The van der Waals surface area contributed by atoms with Gasteiger partial charge in [-0.3, -0.25) is 9.89 Å². The zero-order valence-corrected chi connectivity index (χ0v) is 14.0. The topological polar surface area (TPSA) is 54.4 Å². The van der Waals surface area contributed by atoms with Crippen LogP contribution in [0.5, 0.6) is 0 Å². The van der Waals surface area contributed by atoms with E-state index in [9.17, 15) is 9.18 Å². The molecule has 0 saturated carbocycles. The van der Waals surface area contributed by atoms with E-state index in [1.807, 2.05) is 18.7 Å². The largest absolute Gasteiger partial charge is 0.442 e. The van der Waals surface area contributed by atoms with Gasteiger partial charge in [0, 0.05) is 18.8 Å². The Bertz CT molecular complexity index is 640. The summed E-state index contributed by atoms with van der Waals surface area (Å²) in [6.07, 6.45) is -0.753. The Kier molecular flexibility index (Phi) is 4.99. The molecule has 7 heteroatoms. The molecule has 0 aliphatic carbocycles. The molecule has 0 N–H and O–H groups in total. The first-order valence-electron chi connectivity index (χ1n) is 8.12. The average Bonchev–Trinajstić information content (AvgIpc) is 2.94. The molecular weight excluding hydrogens is 313 g/mol. The van der Waals surface area contributed by atoms with Crippen molar-refractivity contribution in [3.63, 3.8) is 0 Å². The highest BCUT2D eigenvalue weighted by Crippen LogP contribution is 2.28. The summed E-state index contributed by atoms with van der Waals surface area (Å²) in [7, 11) is 0. The number of ether oxygens (including phenoxy) is 2. The first-order chi connectivity index (χ1) is 11.5. The van der Waals surface area contributed by atoms with Crippen molar-refractivity contribution in [2.24, 2.45) is 4.99 Å². The summed E-state index contributed by atoms with van der Waals surface area (Å²) >= 11 is 0. The minimum absolute atomic E-state index is 0.297. The lowest BCUT2D eigenvalue weighted by molar-refractivity contribution is 0.122. The van der Waals surface area contributed by atoms with E-state index >= 15 is 0 Å². The second kappa shape index (κ2) is 7.17. The van der Waals surface area contributed by atoms with Gasteiger partial charge in [0.2, 0.25) is 0 Å². The fourth-order valence-corrected chi connectivity index (χ4v) is 2.84. The average molecular weight is 335 g/mol. The van der Waals surface area contributed by atoms with E-state index < -0.39 is 6.09 Å². The van der Waals surface area contributed by atoms with Crippen LogP contribution in [-0.4, -0.2) is 57.3 Å². The predicted molar refractivity (Wildman–Crippen MR) is 90.7 cm³/mol. The second-order valence-corrected chi connectivity index (χ2v) is 6.14. The molecule has 130 valence electrons. The number of carbonyl (C=O) groups excluding carboxylic acids is 1. The van der Waals surface area contributed by atoms with Crippen molar-refractivity contribution in [3.8, 4) is 0 Å². The predicted octanol–water partition coefficient (Wildman–Crippen LogP) is 2.47. The van der Waals surface area contributed by atoms with Crippen molar-refractivity contribution in [1.82, 2.24) is 0 Å². The Balaban J connectivity index is 1.72. The number of carbonyl (C=O) groups is 1. The number of amides is 1. The third-order valence-electron chi connectivity index (χ3n) is 4.08. The van der Waals surface area contributed by atoms with Gasteiger partial charge in [-0.15, -0.1) is 0 Å². The molecule has 1 aromatic carbocycles. The van der Waals surface area contributed by atoms with Gasteiger partial charge in [0.15, 0.2) is 0 Å². The van der Waals surface area contributed by atoms with Gasteiger partial charge in [-0.2, -0.15) is 0 Å². The van der Waals surface area contributed by atoms with E-state index in [1.54, 1.807) is 12.1 Å². The molecule has 2 aliphatic heterocycles. The highest BCUT2D eigenvalue weighted by Gasteiger charge is 2.32. The van der Waals surface area contributed by atoms with Gasteiger partial charge in [-0.25, -0.2) is 9.18 Å². The number of halogens is 1. The van der Waals surface area contributed by atoms with Crippen LogP contribution in [0.25, 0.3) is 0 Å². The first-order valence-corrected chi connectivity index (χ1v) is 8.12. The summed E-state index contributed by atoms with van der Waals surface area (Å²) in [4.78, 5) is 19.7. The maximum absolute atomic E-state index is 14.5. The SMILES string of the molecule is CC(C)=NCC1CN(c2ccc(N3CCOCC3)c(F)c2)C(=O)O1. The molecule has 1 atom stereocenters. The number of aliphatic imine (C=N–C) groups is 1. The van der Waals surface area contributed by atoms with Crippen molar-refractivity contribution in [1.29, 1.82) is 0 Å². The van der Waals surface area contributed by atoms with Gasteiger partial charge in [-0.1, -0.05) is 0 Å². The molecule has 2 fully saturated rings. The maximum atomic E-state index is 14.5. The van der Waals surface area contributed by atoms with Crippen LogP contribution in [0.1, 0.15) is 13.8 Å². The standard InChI is InChI=1S/C17H22FN3O3/c1-12(2)19-10-14-11-21(17(22)24-14)13-3-4-16(15(18)9-13)20-5-7-23-8-6-20/h3-4,9,14H,5-8,10-11H2,1-2H3. The molecule has 3 rings (SSSR count). The number of hydrogen-bond donors (Lipinski definition) is 0. The number of benzene rings is 1. The molecule has 0 spiro atoms. The molecule has 1 amide bonds. The molecule has 2 saturated heterocycles. The fraction of sp³-hybridized carbons (Fsp3) is 0.529. The third kappa shape index (κ3) is 3.67. The Labute approximate surface area is 140 Å². The molecule has 1 unspecified atom stereocenters. The number of morpholine rings is 1. The van der Waals surface area contributed by atoms with Crippen molar-refractivity contribution in [2.45, 2.75) is 20.0 Å². The van der Waals surface area contributed by atoms with Gasteiger partial charge >= 0.3 is 6.09 Å². The van der Waals surface area contributed by atoms with Gasteiger partial charge in [0.05, 0.1) is 37.7 Å². The smallest absolute Gasteiger partial charge is 0.414 e. The molecular formula is C17H22FN3O3. The maximum Gasteiger partial charge on any atom is 0.414 e. The van der Waals surface area contributed by atoms with Crippen LogP contribution < -0.4 is 9.80 Å². The molecule has 0 bridgehead atoms. The zero-order valence-electron chi connectivity index (χ0n) is 14.0. The van der Waals surface area contributed by atoms with Crippen LogP contribution in [0, 0.1) is 5.82 Å². The van der Waals surface area contributed by atoms with E-state index in [-0.39, 0.29) is 11.9 Å². The molecule has 2 aliphatic rings. The van der Waals surface area contributed by atoms with Gasteiger partial charge in [0.25, 0.3) is 0 Å². The van der Waals surface area contributed by atoms with E-state index in [1.165, 1.54) is 11.0 Å². The van der Waals surface area contributed by atoms with E-state index in [0.717, 1.165) is 5.71 Å². The molecule has 2 heterocycles. The Morgan fingerprint density at radius 1 is 1.33 bits per heavy atom. The number of anilines is 2. The van der Waals surface area contributed by atoms with Crippen LogP contribution >= 0.6 is 0 Å². The summed E-state index contributed by atoms with van der Waals surface area (Å²) in [5.74, 6) is -0.340. The molecule has 6 nitrogen and oxygen atoms in total.